The number of halogens is 1. The maximum atomic E-state index is 5.87. The summed E-state index contributed by atoms with van der Waals surface area (Å²) in [6, 6.07) is 5.02. The summed E-state index contributed by atoms with van der Waals surface area (Å²) >= 11 is 5.87. The first kappa shape index (κ1) is 10.9. The molecule has 1 heterocycles. The minimum Gasteiger partial charge on any atom is -0.307 e. The molecule has 1 atom stereocenters. The third-order valence-corrected chi connectivity index (χ3v) is 3.30. The minimum absolute atomic E-state index is 0.369. The van der Waals surface area contributed by atoms with Crippen molar-refractivity contribution >= 4 is 11.6 Å². The predicted octanol–water partition coefficient (Wildman–Crippen LogP) is 3.33. The SMILES string of the molecule is CC(NC1CCCC1)c1ccnc(Cl)c1. The Balaban J connectivity index is 1.97. The van der Waals surface area contributed by atoms with Gasteiger partial charge in [-0.1, -0.05) is 24.4 Å². The van der Waals surface area contributed by atoms with Crippen LogP contribution in [0.4, 0.5) is 0 Å². The summed E-state index contributed by atoms with van der Waals surface area (Å²) in [6.07, 6.45) is 7.11. The van der Waals surface area contributed by atoms with Crippen LogP contribution in [0.5, 0.6) is 0 Å². The molecule has 0 saturated heterocycles. The van der Waals surface area contributed by atoms with Gasteiger partial charge in [0, 0.05) is 18.3 Å². The lowest BCUT2D eigenvalue weighted by molar-refractivity contribution is 0.461. The fourth-order valence-corrected chi connectivity index (χ4v) is 2.41. The first-order valence-electron chi connectivity index (χ1n) is 5.63. The van der Waals surface area contributed by atoms with E-state index >= 15 is 0 Å². The van der Waals surface area contributed by atoms with Crippen molar-refractivity contribution in [2.75, 3.05) is 0 Å². The van der Waals surface area contributed by atoms with Crippen molar-refractivity contribution in [1.29, 1.82) is 0 Å². The van der Waals surface area contributed by atoms with Gasteiger partial charge in [-0.3, -0.25) is 0 Å². The van der Waals surface area contributed by atoms with Crippen LogP contribution in [0.2, 0.25) is 5.15 Å². The third kappa shape index (κ3) is 2.93. The van der Waals surface area contributed by atoms with Gasteiger partial charge in [0.1, 0.15) is 5.15 Å². The second-order valence-electron chi connectivity index (χ2n) is 4.28. The monoisotopic (exact) mass is 224 g/mol. The Morgan fingerprint density at radius 3 is 2.87 bits per heavy atom. The lowest BCUT2D eigenvalue weighted by Gasteiger charge is -2.19. The van der Waals surface area contributed by atoms with Gasteiger partial charge in [-0.05, 0) is 37.5 Å². The van der Waals surface area contributed by atoms with Crippen molar-refractivity contribution in [1.82, 2.24) is 10.3 Å². The highest BCUT2D eigenvalue weighted by atomic mass is 35.5. The fourth-order valence-electron chi connectivity index (χ4n) is 2.23. The number of pyridine rings is 1. The van der Waals surface area contributed by atoms with Crippen molar-refractivity contribution in [2.45, 2.75) is 44.7 Å². The van der Waals surface area contributed by atoms with Gasteiger partial charge < -0.3 is 5.32 Å². The Labute approximate surface area is 96.1 Å². The van der Waals surface area contributed by atoms with E-state index in [1.165, 1.54) is 31.2 Å². The molecule has 1 aromatic rings. The zero-order valence-corrected chi connectivity index (χ0v) is 9.80. The largest absolute Gasteiger partial charge is 0.307 e. The lowest BCUT2D eigenvalue weighted by atomic mass is 10.1. The van der Waals surface area contributed by atoms with Crippen molar-refractivity contribution in [3.8, 4) is 0 Å². The molecular formula is C12H17ClN2. The number of hydrogen-bond donors (Lipinski definition) is 1. The van der Waals surface area contributed by atoms with Gasteiger partial charge in [-0.25, -0.2) is 4.98 Å². The van der Waals surface area contributed by atoms with E-state index in [0.29, 0.717) is 17.2 Å². The van der Waals surface area contributed by atoms with E-state index in [9.17, 15) is 0 Å². The second-order valence-corrected chi connectivity index (χ2v) is 4.67. The van der Waals surface area contributed by atoms with Crippen LogP contribution in [-0.4, -0.2) is 11.0 Å². The van der Waals surface area contributed by atoms with Crippen LogP contribution >= 0.6 is 11.6 Å². The summed E-state index contributed by atoms with van der Waals surface area (Å²) in [5, 5.41) is 4.21. The van der Waals surface area contributed by atoms with Crippen molar-refractivity contribution in [3.05, 3.63) is 29.0 Å². The maximum absolute atomic E-state index is 5.87. The highest BCUT2D eigenvalue weighted by Crippen LogP contribution is 2.22. The van der Waals surface area contributed by atoms with Crippen molar-refractivity contribution < 1.29 is 0 Å². The molecule has 0 aliphatic heterocycles. The Morgan fingerprint density at radius 2 is 2.20 bits per heavy atom. The summed E-state index contributed by atoms with van der Waals surface area (Å²) < 4.78 is 0. The van der Waals surface area contributed by atoms with Crippen molar-refractivity contribution in [3.63, 3.8) is 0 Å². The number of nitrogens with one attached hydrogen (secondary N) is 1. The topological polar surface area (TPSA) is 24.9 Å². The van der Waals surface area contributed by atoms with Gasteiger partial charge in [0.25, 0.3) is 0 Å². The molecule has 15 heavy (non-hydrogen) atoms. The Hall–Kier alpha value is -0.600. The molecule has 0 aromatic carbocycles. The van der Waals surface area contributed by atoms with E-state index in [0.717, 1.165) is 0 Å². The van der Waals surface area contributed by atoms with Crippen LogP contribution in [-0.2, 0) is 0 Å². The van der Waals surface area contributed by atoms with Gasteiger partial charge in [-0.2, -0.15) is 0 Å². The Morgan fingerprint density at radius 1 is 1.47 bits per heavy atom. The van der Waals surface area contributed by atoms with Crippen LogP contribution in [0.15, 0.2) is 18.3 Å². The summed E-state index contributed by atoms with van der Waals surface area (Å²) in [7, 11) is 0. The number of hydrogen-bond acceptors (Lipinski definition) is 2. The van der Waals surface area contributed by atoms with E-state index in [1.807, 2.05) is 12.1 Å². The first-order valence-corrected chi connectivity index (χ1v) is 6.01. The molecule has 2 rings (SSSR count). The second kappa shape index (κ2) is 4.95. The summed E-state index contributed by atoms with van der Waals surface area (Å²) in [5.41, 5.74) is 1.22. The molecule has 1 saturated carbocycles. The fraction of sp³-hybridized carbons (Fsp3) is 0.583. The van der Waals surface area contributed by atoms with Crippen LogP contribution in [0.3, 0.4) is 0 Å². The van der Waals surface area contributed by atoms with E-state index < -0.39 is 0 Å². The zero-order valence-electron chi connectivity index (χ0n) is 9.04. The number of nitrogens with zero attached hydrogens (tertiary/aromatic N) is 1. The predicted molar refractivity (Wildman–Crippen MR) is 63.1 cm³/mol. The molecule has 1 N–H and O–H groups in total. The number of rotatable bonds is 3. The van der Waals surface area contributed by atoms with E-state index in [2.05, 4.69) is 17.2 Å². The highest BCUT2D eigenvalue weighted by molar-refractivity contribution is 6.29. The molecule has 1 aliphatic carbocycles. The average Bonchev–Trinajstić information content (AvgIpc) is 2.70. The highest BCUT2D eigenvalue weighted by Gasteiger charge is 2.17. The molecule has 0 bridgehead atoms. The Kier molecular flexibility index (Phi) is 3.60. The molecular weight excluding hydrogens is 208 g/mol. The molecule has 0 amide bonds. The van der Waals surface area contributed by atoms with Crippen LogP contribution < -0.4 is 5.32 Å². The Bertz CT molecular complexity index is 321. The first-order chi connectivity index (χ1) is 7.25. The third-order valence-electron chi connectivity index (χ3n) is 3.09. The van der Waals surface area contributed by atoms with Crippen LogP contribution in [0, 0.1) is 0 Å². The van der Waals surface area contributed by atoms with Gasteiger partial charge in [0.05, 0.1) is 0 Å². The number of aromatic nitrogens is 1. The van der Waals surface area contributed by atoms with Crippen LogP contribution in [0.25, 0.3) is 0 Å². The van der Waals surface area contributed by atoms with E-state index in [-0.39, 0.29) is 0 Å². The molecule has 1 unspecified atom stereocenters. The zero-order chi connectivity index (χ0) is 10.7. The van der Waals surface area contributed by atoms with Crippen molar-refractivity contribution in [2.24, 2.45) is 0 Å². The van der Waals surface area contributed by atoms with Crippen LogP contribution in [0.1, 0.15) is 44.2 Å². The summed E-state index contributed by atoms with van der Waals surface area (Å²) in [4.78, 5) is 3.99. The smallest absolute Gasteiger partial charge is 0.129 e. The standard InChI is InChI=1S/C12H17ClN2/c1-9(15-11-4-2-3-5-11)10-6-7-14-12(13)8-10/h6-9,11,15H,2-5H2,1H3. The summed E-state index contributed by atoms with van der Waals surface area (Å²) in [5.74, 6) is 0. The average molecular weight is 225 g/mol. The molecule has 82 valence electrons. The summed E-state index contributed by atoms with van der Waals surface area (Å²) in [6.45, 7) is 2.18. The minimum atomic E-state index is 0.369. The molecule has 1 aromatic heterocycles. The van der Waals surface area contributed by atoms with Gasteiger partial charge in [0.15, 0.2) is 0 Å². The molecule has 0 radical (unpaired) electrons. The lowest BCUT2D eigenvalue weighted by Crippen LogP contribution is -2.28. The maximum Gasteiger partial charge on any atom is 0.129 e. The van der Waals surface area contributed by atoms with E-state index in [1.54, 1.807) is 6.20 Å². The van der Waals surface area contributed by atoms with Gasteiger partial charge >= 0.3 is 0 Å². The molecule has 2 nitrogen and oxygen atoms in total. The molecule has 0 spiro atoms. The molecule has 1 fully saturated rings. The molecule has 3 heteroatoms. The quantitative estimate of drug-likeness (QED) is 0.797. The van der Waals surface area contributed by atoms with Gasteiger partial charge in [0.2, 0.25) is 0 Å². The van der Waals surface area contributed by atoms with Gasteiger partial charge in [-0.15, -0.1) is 0 Å². The normalized spacial score (nSPS) is 19.3. The molecule has 1 aliphatic rings. The van der Waals surface area contributed by atoms with E-state index in [4.69, 9.17) is 11.6 Å².